The third kappa shape index (κ3) is 4.30. The Labute approximate surface area is 136 Å². The fourth-order valence-electron chi connectivity index (χ4n) is 2.37. The van der Waals surface area contributed by atoms with Crippen LogP contribution in [-0.4, -0.2) is 43.9 Å². The molecule has 0 saturated heterocycles. The summed E-state index contributed by atoms with van der Waals surface area (Å²) in [7, 11) is 3.96. The summed E-state index contributed by atoms with van der Waals surface area (Å²) in [6.07, 6.45) is 1.98. The van der Waals surface area contributed by atoms with Crippen LogP contribution in [0.15, 0.2) is 24.3 Å². The summed E-state index contributed by atoms with van der Waals surface area (Å²) in [6.45, 7) is 1.45. The second-order valence-electron chi connectivity index (χ2n) is 6.14. The number of carbonyl (C=O) groups is 2. The maximum atomic E-state index is 12.4. The van der Waals surface area contributed by atoms with E-state index in [1.165, 1.54) is 0 Å². The van der Waals surface area contributed by atoms with Gasteiger partial charge in [-0.05, 0) is 58.1 Å². The zero-order valence-corrected chi connectivity index (χ0v) is 13.6. The monoisotopic (exact) mass is 314 g/mol. The van der Waals surface area contributed by atoms with Gasteiger partial charge in [0.1, 0.15) is 5.41 Å². The molecule has 0 unspecified atom stereocenters. The minimum absolute atomic E-state index is 0.204. The lowest BCUT2D eigenvalue weighted by Gasteiger charge is -2.16. The largest absolute Gasteiger partial charge is 0.355 e. The summed E-state index contributed by atoms with van der Waals surface area (Å²) in [5.74, 6) is -0.497. The second-order valence-corrected chi connectivity index (χ2v) is 6.14. The minimum Gasteiger partial charge on any atom is -0.355 e. The maximum Gasteiger partial charge on any atom is 0.240 e. The van der Waals surface area contributed by atoms with E-state index in [1.54, 1.807) is 24.3 Å². The number of hydrogen-bond acceptors (Lipinski definition) is 4. The molecule has 1 saturated carbocycles. The van der Waals surface area contributed by atoms with E-state index < -0.39 is 5.41 Å². The third-order valence-electron chi connectivity index (χ3n) is 3.94. The van der Waals surface area contributed by atoms with Crippen LogP contribution in [0.25, 0.3) is 0 Å². The molecular formula is C17H22N4O2. The zero-order valence-electron chi connectivity index (χ0n) is 13.6. The molecule has 0 aliphatic heterocycles. The first-order valence-corrected chi connectivity index (χ1v) is 7.72. The number of nitrogens with one attached hydrogen (secondary N) is 2. The van der Waals surface area contributed by atoms with Crippen LogP contribution in [0.1, 0.15) is 24.8 Å². The molecule has 1 aliphatic rings. The lowest BCUT2D eigenvalue weighted by atomic mass is 10.0. The van der Waals surface area contributed by atoms with Gasteiger partial charge in [0.05, 0.1) is 11.6 Å². The first-order valence-electron chi connectivity index (χ1n) is 7.72. The molecule has 2 rings (SSSR count). The van der Waals surface area contributed by atoms with Gasteiger partial charge in [-0.1, -0.05) is 6.07 Å². The van der Waals surface area contributed by atoms with E-state index in [1.807, 2.05) is 25.1 Å². The van der Waals surface area contributed by atoms with Gasteiger partial charge in [0.15, 0.2) is 0 Å². The number of nitriles is 1. The maximum absolute atomic E-state index is 12.4. The number of amides is 2. The molecule has 1 fully saturated rings. The van der Waals surface area contributed by atoms with E-state index in [0.717, 1.165) is 13.0 Å². The lowest BCUT2D eigenvalue weighted by Crippen LogP contribution is -2.40. The highest BCUT2D eigenvalue weighted by molar-refractivity contribution is 6.13. The van der Waals surface area contributed by atoms with E-state index in [9.17, 15) is 9.59 Å². The summed E-state index contributed by atoms with van der Waals surface area (Å²) in [6, 6.07) is 8.71. The van der Waals surface area contributed by atoms with Crippen molar-refractivity contribution >= 4 is 17.5 Å². The average Bonchev–Trinajstić information content (AvgIpc) is 3.33. The molecular weight excluding hydrogens is 292 g/mol. The van der Waals surface area contributed by atoms with Crippen LogP contribution in [-0.2, 0) is 9.59 Å². The molecule has 2 amide bonds. The van der Waals surface area contributed by atoms with E-state index in [2.05, 4.69) is 10.6 Å². The van der Waals surface area contributed by atoms with E-state index >= 15 is 0 Å². The van der Waals surface area contributed by atoms with Gasteiger partial charge in [-0.25, -0.2) is 0 Å². The van der Waals surface area contributed by atoms with Gasteiger partial charge in [0.2, 0.25) is 11.8 Å². The predicted octanol–water partition coefficient (Wildman–Crippen LogP) is 1.34. The molecule has 6 nitrogen and oxygen atoms in total. The Kier molecular flexibility index (Phi) is 5.35. The van der Waals surface area contributed by atoms with E-state index in [0.29, 0.717) is 30.6 Å². The molecule has 0 heterocycles. The molecule has 1 aliphatic carbocycles. The third-order valence-corrected chi connectivity index (χ3v) is 3.94. The van der Waals surface area contributed by atoms with Crippen LogP contribution in [0.5, 0.6) is 0 Å². The van der Waals surface area contributed by atoms with Gasteiger partial charge in [-0.3, -0.25) is 9.59 Å². The van der Waals surface area contributed by atoms with Crippen LogP contribution >= 0.6 is 0 Å². The van der Waals surface area contributed by atoms with Crippen molar-refractivity contribution in [1.82, 2.24) is 10.2 Å². The molecule has 0 spiro atoms. The van der Waals surface area contributed by atoms with Crippen molar-refractivity contribution in [1.29, 1.82) is 5.26 Å². The number of hydrogen-bond donors (Lipinski definition) is 2. The Balaban J connectivity index is 1.90. The highest BCUT2D eigenvalue weighted by Crippen LogP contribution is 2.46. The van der Waals surface area contributed by atoms with Gasteiger partial charge in [-0.2, -0.15) is 5.26 Å². The van der Waals surface area contributed by atoms with Crippen molar-refractivity contribution in [3.8, 4) is 6.07 Å². The topological polar surface area (TPSA) is 85.2 Å². The summed E-state index contributed by atoms with van der Waals surface area (Å²) in [5.41, 5.74) is 0.0716. The Morgan fingerprint density at radius 3 is 2.65 bits per heavy atom. The molecule has 0 atom stereocenters. The molecule has 6 heteroatoms. The first kappa shape index (κ1) is 17.0. The van der Waals surface area contributed by atoms with Crippen molar-refractivity contribution in [3.63, 3.8) is 0 Å². The number of nitrogens with zero attached hydrogens (tertiary/aromatic N) is 2. The van der Waals surface area contributed by atoms with Gasteiger partial charge in [-0.15, -0.1) is 0 Å². The number of carbonyl (C=O) groups excluding carboxylic acids is 2. The van der Waals surface area contributed by atoms with E-state index in [4.69, 9.17) is 5.26 Å². The molecule has 122 valence electrons. The predicted molar refractivity (Wildman–Crippen MR) is 87.6 cm³/mol. The number of anilines is 1. The average molecular weight is 314 g/mol. The summed E-state index contributed by atoms with van der Waals surface area (Å²) < 4.78 is 0. The van der Waals surface area contributed by atoms with Gasteiger partial charge >= 0.3 is 0 Å². The van der Waals surface area contributed by atoms with Crippen molar-refractivity contribution in [2.75, 3.05) is 32.5 Å². The highest BCUT2D eigenvalue weighted by atomic mass is 16.2. The second kappa shape index (κ2) is 7.25. The van der Waals surface area contributed by atoms with Crippen LogP contribution < -0.4 is 10.6 Å². The van der Waals surface area contributed by atoms with Gasteiger partial charge in [0, 0.05) is 12.2 Å². The highest BCUT2D eigenvalue weighted by Gasteiger charge is 2.56. The molecule has 1 aromatic carbocycles. The molecule has 0 aromatic heterocycles. The Bertz CT molecular complexity index is 630. The van der Waals surface area contributed by atoms with Gasteiger partial charge in [0.25, 0.3) is 0 Å². The van der Waals surface area contributed by atoms with Crippen molar-refractivity contribution in [2.24, 2.45) is 5.41 Å². The standard InChI is InChI=1S/C17H22N4O2/c1-21(2)10-4-9-19-15(22)17(7-8-17)16(23)20-14-6-3-5-13(11-14)12-18/h3,5-6,11H,4,7-10H2,1-2H3,(H,19,22)(H,20,23). The summed E-state index contributed by atoms with van der Waals surface area (Å²) in [4.78, 5) is 26.8. The smallest absolute Gasteiger partial charge is 0.240 e. The molecule has 0 bridgehead atoms. The van der Waals surface area contributed by atoms with Crippen LogP contribution in [0.3, 0.4) is 0 Å². The summed E-state index contributed by atoms with van der Waals surface area (Å²) in [5, 5.41) is 14.5. The lowest BCUT2D eigenvalue weighted by molar-refractivity contribution is -0.134. The van der Waals surface area contributed by atoms with Crippen molar-refractivity contribution in [2.45, 2.75) is 19.3 Å². The fourth-order valence-corrected chi connectivity index (χ4v) is 2.37. The Morgan fingerprint density at radius 1 is 1.30 bits per heavy atom. The molecule has 0 radical (unpaired) electrons. The van der Waals surface area contributed by atoms with Crippen LogP contribution in [0.4, 0.5) is 5.69 Å². The van der Waals surface area contributed by atoms with Crippen molar-refractivity contribution < 1.29 is 9.59 Å². The summed E-state index contributed by atoms with van der Waals surface area (Å²) >= 11 is 0. The van der Waals surface area contributed by atoms with Crippen LogP contribution in [0.2, 0.25) is 0 Å². The quantitative estimate of drug-likeness (QED) is 0.587. The Hall–Kier alpha value is -2.39. The number of benzene rings is 1. The van der Waals surface area contributed by atoms with Crippen molar-refractivity contribution in [3.05, 3.63) is 29.8 Å². The van der Waals surface area contributed by atoms with Gasteiger partial charge < -0.3 is 15.5 Å². The molecule has 1 aromatic rings. The number of rotatable bonds is 7. The zero-order chi connectivity index (χ0) is 16.9. The minimum atomic E-state index is -0.944. The van der Waals surface area contributed by atoms with Crippen LogP contribution in [0, 0.1) is 16.7 Å². The first-order chi connectivity index (χ1) is 11.0. The normalized spacial score (nSPS) is 14.9. The fraction of sp³-hybridized carbons (Fsp3) is 0.471. The SMILES string of the molecule is CN(C)CCCNC(=O)C1(C(=O)Nc2cccc(C#N)c2)CC1. The Morgan fingerprint density at radius 2 is 2.04 bits per heavy atom. The molecule has 23 heavy (non-hydrogen) atoms. The molecule has 2 N–H and O–H groups in total. The van der Waals surface area contributed by atoms with E-state index in [-0.39, 0.29) is 11.8 Å².